The molecule has 108 valence electrons. The maximum atomic E-state index is 12.0. The first-order chi connectivity index (χ1) is 9.91. The van der Waals surface area contributed by atoms with Gasteiger partial charge in [-0.05, 0) is 48.7 Å². The number of benzene rings is 2. The molecule has 1 unspecified atom stereocenters. The van der Waals surface area contributed by atoms with Gasteiger partial charge in [0, 0.05) is 10.2 Å². The fourth-order valence-corrected chi connectivity index (χ4v) is 3.14. The van der Waals surface area contributed by atoms with Crippen LogP contribution in [0.25, 0.3) is 0 Å². The van der Waals surface area contributed by atoms with E-state index in [-0.39, 0.29) is 5.91 Å². The summed E-state index contributed by atoms with van der Waals surface area (Å²) in [4.78, 5) is 12.0. The monoisotopic (exact) mass is 345 g/mol. The molecule has 3 nitrogen and oxygen atoms in total. The Hall–Kier alpha value is -1.65. The Morgan fingerprint density at radius 3 is 2.62 bits per heavy atom. The maximum Gasteiger partial charge on any atom is 0.234 e. The van der Waals surface area contributed by atoms with E-state index in [0.29, 0.717) is 0 Å². The number of hydrogen-bond acceptors (Lipinski definition) is 2. The Morgan fingerprint density at radius 2 is 1.90 bits per heavy atom. The molecule has 0 bridgehead atoms. The first kappa shape index (κ1) is 14.3. The molecule has 2 aromatic carbocycles. The van der Waals surface area contributed by atoms with E-state index in [2.05, 4.69) is 21.2 Å². The van der Waals surface area contributed by atoms with Crippen molar-refractivity contribution in [3.63, 3.8) is 0 Å². The van der Waals surface area contributed by atoms with Crippen LogP contribution in [0.4, 0.5) is 5.69 Å². The molecule has 1 heterocycles. The molecule has 3 rings (SSSR count). The van der Waals surface area contributed by atoms with E-state index in [1.807, 2.05) is 56.3 Å². The van der Waals surface area contributed by atoms with Crippen LogP contribution in [0.1, 0.15) is 36.6 Å². The number of aliphatic hydroxyl groups is 1. The molecule has 0 saturated heterocycles. The summed E-state index contributed by atoms with van der Waals surface area (Å²) in [6, 6.07) is 13.2. The Bertz CT molecular complexity index is 724. The molecule has 1 aliphatic heterocycles. The number of anilines is 1. The second-order valence-corrected chi connectivity index (χ2v) is 6.66. The highest BCUT2D eigenvalue weighted by Crippen LogP contribution is 2.39. The molecule has 0 spiro atoms. The Balaban J connectivity index is 2.05. The molecule has 1 amide bonds. The van der Waals surface area contributed by atoms with Crippen molar-refractivity contribution in [2.75, 3.05) is 5.32 Å². The number of carbonyl (C=O) groups excluding carboxylic acids is 1. The summed E-state index contributed by atoms with van der Waals surface area (Å²) >= 11 is 3.46. The molecule has 0 aromatic heterocycles. The van der Waals surface area contributed by atoms with Crippen LogP contribution in [0.3, 0.4) is 0 Å². The van der Waals surface area contributed by atoms with Crippen LogP contribution < -0.4 is 5.32 Å². The highest BCUT2D eigenvalue weighted by Gasteiger charge is 2.38. The number of hydrogen-bond donors (Lipinski definition) is 2. The third-order valence-electron chi connectivity index (χ3n) is 4.05. The van der Waals surface area contributed by atoms with Crippen molar-refractivity contribution in [2.24, 2.45) is 0 Å². The van der Waals surface area contributed by atoms with Gasteiger partial charge < -0.3 is 10.4 Å². The molecular weight excluding hydrogens is 330 g/mol. The number of carbonyl (C=O) groups is 1. The van der Waals surface area contributed by atoms with Gasteiger partial charge in [0.1, 0.15) is 6.10 Å². The number of fused-ring (bicyclic) bond motifs is 1. The van der Waals surface area contributed by atoms with Crippen LogP contribution in [0.2, 0.25) is 0 Å². The number of rotatable bonds is 2. The molecule has 0 fully saturated rings. The van der Waals surface area contributed by atoms with Gasteiger partial charge in [-0.3, -0.25) is 4.79 Å². The number of nitrogens with one attached hydrogen (secondary N) is 1. The number of aliphatic hydroxyl groups excluding tert-OH is 1. The molecule has 21 heavy (non-hydrogen) atoms. The fourth-order valence-electron chi connectivity index (χ4n) is 2.64. The van der Waals surface area contributed by atoms with E-state index in [4.69, 9.17) is 0 Å². The van der Waals surface area contributed by atoms with Gasteiger partial charge in [0.15, 0.2) is 0 Å². The first-order valence-electron chi connectivity index (χ1n) is 6.79. The van der Waals surface area contributed by atoms with E-state index in [1.165, 1.54) is 0 Å². The third kappa shape index (κ3) is 2.28. The van der Waals surface area contributed by atoms with Crippen LogP contribution in [0.5, 0.6) is 0 Å². The van der Waals surface area contributed by atoms with Crippen molar-refractivity contribution in [1.29, 1.82) is 0 Å². The molecule has 2 N–H and O–H groups in total. The molecule has 4 heteroatoms. The minimum Gasteiger partial charge on any atom is -0.384 e. The molecule has 1 atom stereocenters. The summed E-state index contributed by atoms with van der Waals surface area (Å²) in [5.74, 6) is -0.00923. The molecule has 2 aromatic rings. The smallest absolute Gasteiger partial charge is 0.234 e. The topological polar surface area (TPSA) is 49.3 Å². The number of amides is 1. The number of halogens is 1. The predicted molar refractivity (Wildman–Crippen MR) is 86.3 cm³/mol. The van der Waals surface area contributed by atoms with Crippen molar-refractivity contribution in [3.8, 4) is 0 Å². The van der Waals surface area contributed by atoms with Crippen LogP contribution in [0.15, 0.2) is 46.9 Å². The fraction of sp³-hybridized carbons (Fsp3) is 0.235. The summed E-state index contributed by atoms with van der Waals surface area (Å²) in [5, 5.41) is 13.5. The summed E-state index contributed by atoms with van der Waals surface area (Å²) in [6.45, 7) is 3.78. The van der Waals surface area contributed by atoms with Gasteiger partial charge >= 0.3 is 0 Å². The molecular formula is C17H16BrNO2. The Labute approximate surface area is 132 Å². The van der Waals surface area contributed by atoms with Gasteiger partial charge in [0.05, 0.1) is 5.41 Å². The molecule has 1 aliphatic rings. The lowest BCUT2D eigenvalue weighted by molar-refractivity contribution is -0.119. The van der Waals surface area contributed by atoms with Crippen molar-refractivity contribution in [2.45, 2.75) is 25.4 Å². The minimum absolute atomic E-state index is 0.00923. The van der Waals surface area contributed by atoms with Gasteiger partial charge in [0.2, 0.25) is 5.91 Å². The average molecular weight is 346 g/mol. The summed E-state index contributed by atoms with van der Waals surface area (Å²) < 4.78 is 0.867. The third-order valence-corrected chi connectivity index (χ3v) is 4.77. The molecule has 0 saturated carbocycles. The van der Waals surface area contributed by atoms with Gasteiger partial charge in [-0.25, -0.2) is 0 Å². The Morgan fingerprint density at radius 1 is 1.19 bits per heavy atom. The van der Waals surface area contributed by atoms with Crippen molar-refractivity contribution >= 4 is 27.5 Å². The van der Waals surface area contributed by atoms with Crippen molar-refractivity contribution in [3.05, 3.63) is 63.6 Å². The van der Waals surface area contributed by atoms with Crippen molar-refractivity contribution in [1.82, 2.24) is 0 Å². The standard InChI is InChI=1S/C17H16BrNO2/c1-17(2)12-9-10(7-8-14(12)19-16(17)21)15(20)11-5-3-4-6-13(11)18/h3-9,15,20H,1-2H3,(H,19,21). The summed E-state index contributed by atoms with van der Waals surface area (Å²) in [7, 11) is 0. The van der Waals surface area contributed by atoms with E-state index >= 15 is 0 Å². The maximum absolute atomic E-state index is 12.0. The van der Waals surface area contributed by atoms with Crippen LogP contribution in [0, 0.1) is 0 Å². The zero-order valence-electron chi connectivity index (χ0n) is 11.9. The zero-order chi connectivity index (χ0) is 15.2. The highest BCUT2D eigenvalue weighted by molar-refractivity contribution is 9.10. The first-order valence-corrected chi connectivity index (χ1v) is 7.59. The van der Waals surface area contributed by atoms with Gasteiger partial charge in [-0.2, -0.15) is 0 Å². The molecule has 0 aliphatic carbocycles. The summed E-state index contributed by atoms with van der Waals surface area (Å²) in [6.07, 6.45) is -0.725. The van der Waals surface area contributed by atoms with E-state index in [0.717, 1.165) is 26.9 Å². The SMILES string of the molecule is CC1(C)C(=O)Nc2ccc(C(O)c3ccccc3Br)cc21. The quantitative estimate of drug-likeness (QED) is 0.870. The van der Waals surface area contributed by atoms with Crippen molar-refractivity contribution < 1.29 is 9.90 Å². The van der Waals surface area contributed by atoms with Gasteiger partial charge in [0.25, 0.3) is 0 Å². The molecule has 0 radical (unpaired) electrons. The predicted octanol–water partition coefficient (Wildman–Crippen LogP) is 3.76. The second kappa shape index (κ2) is 4.97. The van der Waals surface area contributed by atoms with E-state index in [9.17, 15) is 9.90 Å². The zero-order valence-corrected chi connectivity index (χ0v) is 13.4. The highest BCUT2D eigenvalue weighted by atomic mass is 79.9. The van der Waals surface area contributed by atoms with E-state index in [1.54, 1.807) is 0 Å². The average Bonchev–Trinajstić information content (AvgIpc) is 2.69. The Kier molecular flexibility index (Phi) is 3.38. The lowest BCUT2D eigenvalue weighted by Gasteiger charge is -2.18. The van der Waals surface area contributed by atoms with Crippen LogP contribution in [-0.2, 0) is 10.2 Å². The second-order valence-electron chi connectivity index (χ2n) is 5.81. The van der Waals surface area contributed by atoms with Crippen LogP contribution >= 0.6 is 15.9 Å². The minimum atomic E-state index is -0.725. The van der Waals surface area contributed by atoms with Gasteiger partial charge in [-0.1, -0.05) is 40.2 Å². The largest absolute Gasteiger partial charge is 0.384 e. The van der Waals surface area contributed by atoms with Gasteiger partial charge in [-0.15, -0.1) is 0 Å². The normalized spacial score (nSPS) is 17.2. The summed E-state index contributed by atoms with van der Waals surface area (Å²) in [5.41, 5.74) is 2.78. The lowest BCUT2D eigenvalue weighted by atomic mass is 9.84. The lowest BCUT2D eigenvalue weighted by Crippen LogP contribution is -2.26. The van der Waals surface area contributed by atoms with E-state index < -0.39 is 11.5 Å². The van der Waals surface area contributed by atoms with Crippen LogP contribution in [-0.4, -0.2) is 11.0 Å².